The van der Waals surface area contributed by atoms with E-state index in [1.807, 2.05) is 6.07 Å². The highest BCUT2D eigenvalue weighted by Gasteiger charge is 2.24. The predicted molar refractivity (Wildman–Crippen MR) is 132 cm³/mol. The third-order valence-electron chi connectivity index (χ3n) is 5.77. The number of hydrogen-bond donors (Lipinski definition) is 2. The summed E-state index contributed by atoms with van der Waals surface area (Å²) in [6.45, 7) is 3.64. The van der Waals surface area contributed by atoms with Crippen LogP contribution in [0, 0.1) is 13.8 Å². The molecule has 2 aromatic heterocycles. The molecule has 0 aliphatic carbocycles. The zero-order chi connectivity index (χ0) is 25.3. The van der Waals surface area contributed by atoms with Gasteiger partial charge in [0, 0.05) is 38.0 Å². The highest BCUT2D eigenvalue weighted by Crippen LogP contribution is 2.21. The lowest BCUT2D eigenvalue weighted by Gasteiger charge is -2.11. The van der Waals surface area contributed by atoms with Crippen LogP contribution in [0.1, 0.15) is 27.2 Å². The Balaban J connectivity index is 1.62. The van der Waals surface area contributed by atoms with Gasteiger partial charge in [-0.1, -0.05) is 24.3 Å². The van der Waals surface area contributed by atoms with Gasteiger partial charge in [0.2, 0.25) is 0 Å². The number of carbonyl (C=O) groups excluding carboxylic acids is 1. The number of amides is 1. The highest BCUT2D eigenvalue weighted by molar-refractivity contribution is 7.92. The van der Waals surface area contributed by atoms with Crippen LogP contribution in [-0.4, -0.2) is 33.5 Å². The molecule has 0 aliphatic rings. The summed E-state index contributed by atoms with van der Waals surface area (Å²) in [5.74, 6) is -0.411. The molecule has 0 fully saturated rings. The van der Waals surface area contributed by atoms with Crippen LogP contribution in [0.3, 0.4) is 0 Å². The van der Waals surface area contributed by atoms with Crippen LogP contribution in [0.4, 0.5) is 5.69 Å². The first kappa shape index (κ1) is 24.0. The van der Waals surface area contributed by atoms with Gasteiger partial charge in [-0.15, -0.1) is 0 Å². The first-order valence-electron chi connectivity index (χ1n) is 10.8. The van der Waals surface area contributed by atoms with Gasteiger partial charge < -0.3 is 5.32 Å². The molecule has 2 heterocycles. The van der Waals surface area contributed by atoms with Gasteiger partial charge in [0.25, 0.3) is 21.5 Å². The molecule has 0 aliphatic heterocycles. The molecule has 0 spiro atoms. The average Bonchev–Trinajstić information content (AvgIpc) is 3.34. The summed E-state index contributed by atoms with van der Waals surface area (Å²) in [4.78, 5) is 25.8. The van der Waals surface area contributed by atoms with Gasteiger partial charge in [-0.25, -0.2) is 13.1 Å². The second-order valence-corrected chi connectivity index (χ2v) is 9.91. The van der Waals surface area contributed by atoms with Crippen molar-refractivity contribution < 1.29 is 13.2 Å². The summed E-state index contributed by atoms with van der Waals surface area (Å²) in [5.41, 5.74) is 2.16. The smallest absolute Gasteiger partial charge is 0.296 e. The Kier molecular flexibility index (Phi) is 6.35. The van der Waals surface area contributed by atoms with Gasteiger partial charge in [0.05, 0.1) is 22.5 Å². The fraction of sp³-hybridized carbons (Fsp3) is 0.208. The van der Waals surface area contributed by atoms with E-state index < -0.39 is 21.5 Å². The van der Waals surface area contributed by atoms with E-state index in [4.69, 9.17) is 0 Å². The zero-order valence-corrected chi connectivity index (χ0v) is 20.6. The van der Waals surface area contributed by atoms with Crippen molar-refractivity contribution >= 4 is 21.6 Å². The molecule has 182 valence electrons. The normalized spacial score (nSPS) is 11.4. The lowest BCUT2D eigenvalue weighted by atomic mass is 10.1. The topological polar surface area (TPSA) is 120 Å². The first-order chi connectivity index (χ1) is 16.6. The summed E-state index contributed by atoms with van der Waals surface area (Å²) in [5, 5.41) is 6.84. The van der Waals surface area contributed by atoms with E-state index in [-0.39, 0.29) is 22.7 Å². The maximum atomic E-state index is 13.2. The summed E-state index contributed by atoms with van der Waals surface area (Å²) in [6.07, 6.45) is 3.42. The molecule has 0 saturated heterocycles. The molecule has 2 N–H and O–H groups in total. The van der Waals surface area contributed by atoms with E-state index >= 15 is 0 Å². The predicted octanol–water partition coefficient (Wildman–Crippen LogP) is 2.26. The zero-order valence-electron chi connectivity index (χ0n) is 19.8. The summed E-state index contributed by atoms with van der Waals surface area (Å²) < 4.78 is 33.5. The molecule has 0 bridgehead atoms. The molecule has 0 atom stereocenters. The van der Waals surface area contributed by atoms with Crippen molar-refractivity contribution in [2.45, 2.75) is 25.3 Å². The number of benzene rings is 2. The van der Waals surface area contributed by atoms with Crippen molar-refractivity contribution in [3.05, 3.63) is 93.7 Å². The Morgan fingerprint density at radius 3 is 2.43 bits per heavy atom. The molecular formula is C24H26N6O4S. The molecule has 2 aromatic carbocycles. The largest absolute Gasteiger partial charge is 0.348 e. The number of nitrogens with one attached hydrogen (secondary N) is 2. The summed E-state index contributed by atoms with van der Waals surface area (Å²) >= 11 is 0. The number of aryl methyl sites for hydroxylation is 2. The number of sulfonamides is 1. The van der Waals surface area contributed by atoms with Gasteiger partial charge in [0.15, 0.2) is 0 Å². The molecule has 0 radical (unpaired) electrons. The SMILES string of the molecule is Cc1ccc(S(=O)(=O)Nc2c(C)n(C)n(-c3ccccc3)c2=O)cc1C(=O)NCc1cnn(C)c1. The Labute approximate surface area is 202 Å². The second kappa shape index (κ2) is 9.26. The number of rotatable bonds is 7. The summed E-state index contributed by atoms with van der Waals surface area (Å²) in [7, 11) is -0.694. The Hall–Kier alpha value is -4.12. The molecule has 35 heavy (non-hydrogen) atoms. The average molecular weight is 495 g/mol. The lowest BCUT2D eigenvalue weighted by molar-refractivity contribution is 0.0950. The van der Waals surface area contributed by atoms with Crippen molar-refractivity contribution in [2.24, 2.45) is 14.1 Å². The number of anilines is 1. The van der Waals surface area contributed by atoms with Gasteiger partial charge in [0.1, 0.15) is 5.69 Å². The van der Waals surface area contributed by atoms with Crippen LogP contribution < -0.4 is 15.6 Å². The molecule has 4 aromatic rings. The van der Waals surface area contributed by atoms with Crippen LogP contribution in [0.5, 0.6) is 0 Å². The molecule has 1 amide bonds. The number of para-hydroxylation sites is 1. The van der Waals surface area contributed by atoms with Crippen molar-refractivity contribution in [3.63, 3.8) is 0 Å². The van der Waals surface area contributed by atoms with E-state index in [1.165, 1.54) is 16.8 Å². The van der Waals surface area contributed by atoms with Crippen molar-refractivity contribution in [2.75, 3.05) is 4.72 Å². The lowest BCUT2D eigenvalue weighted by Crippen LogP contribution is -2.25. The van der Waals surface area contributed by atoms with Gasteiger partial charge in [-0.05, 0) is 43.7 Å². The number of hydrogen-bond acceptors (Lipinski definition) is 5. The quantitative estimate of drug-likeness (QED) is 0.408. The maximum absolute atomic E-state index is 13.2. The minimum absolute atomic E-state index is 0.0560. The Morgan fingerprint density at radius 2 is 1.77 bits per heavy atom. The molecule has 4 rings (SSSR count). The third-order valence-corrected chi connectivity index (χ3v) is 7.11. The monoisotopic (exact) mass is 494 g/mol. The van der Waals surface area contributed by atoms with E-state index in [0.29, 0.717) is 16.9 Å². The van der Waals surface area contributed by atoms with Gasteiger partial charge >= 0.3 is 0 Å². The fourth-order valence-electron chi connectivity index (χ4n) is 3.73. The molecule has 11 heteroatoms. The number of aromatic nitrogens is 4. The highest BCUT2D eigenvalue weighted by atomic mass is 32.2. The van der Waals surface area contributed by atoms with Gasteiger partial charge in [-0.2, -0.15) is 5.10 Å². The number of nitrogens with zero attached hydrogens (tertiary/aromatic N) is 4. The van der Waals surface area contributed by atoms with Crippen molar-refractivity contribution in [1.82, 2.24) is 24.5 Å². The molecule has 10 nitrogen and oxygen atoms in total. The minimum Gasteiger partial charge on any atom is -0.348 e. The summed E-state index contributed by atoms with van der Waals surface area (Å²) in [6, 6.07) is 13.2. The van der Waals surface area contributed by atoms with Crippen LogP contribution in [0.15, 0.2) is 70.6 Å². The Bertz CT molecular complexity index is 1570. The van der Waals surface area contributed by atoms with Crippen LogP contribution >= 0.6 is 0 Å². The van der Waals surface area contributed by atoms with E-state index in [1.54, 1.807) is 80.0 Å². The van der Waals surface area contributed by atoms with Crippen LogP contribution in [0.2, 0.25) is 0 Å². The third kappa shape index (κ3) is 4.76. The molecule has 0 unspecified atom stereocenters. The minimum atomic E-state index is -4.15. The van der Waals surface area contributed by atoms with E-state index in [0.717, 1.165) is 5.56 Å². The second-order valence-electron chi connectivity index (χ2n) is 8.22. The van der Waals surface area contributed by atoms with E-state index in [9.17, 15) is 18.0 Å². The number of carbonyl (C=O) groups is 1. The van der Waals surface area contributed by atoms with Crippen LogP contribution in [0.25, 0.3) is 5.69 Å². The van der Waals surface area contributed by atoms with Crippen LogP contribution in [-0.2, 0) is 30.7 Å². The van der Waals surface area contributed by atoms with Gasteiger partial charge in [-0.3, -0.25) is 23.7 Å². The van der Waals surface area contributed by atoms with Crippen molar-refractivity contribution in [3.8, 4) is 5.69 Å². The maximum Gasteiger partial charge on any atom is 0.296 e. The Morgan fingerprint density at radius 1 is 1.06 bits per heavy atom. The molecular weight excluding hydrogens is 468 g/mol. The van der Waals surface area contributed by atoms with E-state index in [2.05, 4.69) is 15.1 Å². The van der Waals surface area contributed by atoms with Crippen molar-refractivity contribution in [1.29, 1.82) is 0 Å². The standard InChI is InChI=1S/C24H26N6O4S/c1-16-10-11-20(12-21(16)23(31)25-13-18-14-26-28(3)15-18)35(33,34)27-22-17(2)29(4)30(24(22)32)19-8-6-5-7-9-19/h5-12,14-15,27H,13H2,1-4H3,(H,25,31). The fourth-order valence-corrected chi connectivity index (χ4v) is 4.87. The first-order valence-corrected chi connectivity index (χ1v) is 12.3. The molecule has 0 saturated carbocycles.